The molecule has 1 aliphatic heterocycles. The molecule has 1 aromatic rings. The first-order chi connectivity index (χ1) is 9.75. The van der Waals surface area contributed by atoms with Gasteiger partial charge >= 0.3 is 5.69 Å². The summed E-state index contributed by atoms with van der Waals surface area (Å²) in [4.78, 5) is 20.4. The van der Waals surface area contributed by atoms with Gasteiger partial charge in [-0.2, -0.15) is 8.70 Å². The molecule has 1 heterocycles. The number of hydrogen-bond donors (Lipinski definition) is 1. The normalized spacial score (nSPS) is 19.6. The van der Waals surface area contributed by atoms with Crippen LogP contribution in [0.5, 0.6) is 0 Å². The molecule has 8 nitrogen and oxygen atoms in total. The van der Waals surface area contributed by atoms with E-state index < -0.39 is 43.3 Å². The lowest BCUT2D eigenvalue weighted by Crippen LogP contribution is -2.43. The molecule has 114 valence electrons. The minimum Gasteiger partial charge on any atom is -0.368 e. The molecule has 1 atom stereocenters. The second-order valence-corrected chi connectivity index (χ2v) is 6.44. The zero-order valence-electron chi connectivity index (χ0n) is 10.7. The molecule has 1 saturated heterocycles. The topological polar surface area (TPSA) is 124 Å². The van der Waals surface area contributed by atoms with Crippen LogP contribution in [0, 0.1) is 15.9 Å². The zero-order valence-corrected chi connectivity index (χ0v) is 11.5. The molecule has 0 aromatic heterocycles. The fourth-order valence-electron chi connectivity index (χ4n) is 2.24. The molecule has 21 heavy (non-hydrogen) atoms. The second-order valence-electron chi connectivity index (χ2n) is 4.55. The average Bonchev–Trinajstić information content (AvgIpc) is 2.88. The minimum atomic E-state index is -4.13. The maximum atomic E-state index is 13.6. The standard InChI is InChI=1S/C11H12FN3O5S/c12-8-6-7(3-4-9(8)15(17)18)21(19,20)14-5-1-2-10(14)11(13)16/h3-4,6,10H,1-2,5H2,(H2,13,16). The van der Waals surface area contributed by atoms with E-state index >= 15 is 0 Å². The Kier molecular flexibility index (Phi) is 3.92. The monoisotopic (exact) mass is 317 g/mol. The summed E-state index contributed by atoms with van der Waals surface area (Å²) in [6, 6.07) is 1.31. The number of benzene rings is 1. The highest BCUT2D eigenvalue weighted by molar-refractivity contribution is 7.89. The molecule has 1 amide bonds. The lowest BCUT2D eigenvalue weighted by Gasteiger charge is -2.21. The lowest BCUT2D eigenvalue weighted by atomic mass is 10.2. The van der Waals surface area contributed by atoms with Crippen molar-refractivity contribution in [3.63, 3.8) is 0 Å². The van der Waals surface area contributed by atoms with Crippen molar-refractivity contribution in [3.05, 3.63) is 34.1 Å². The molecule has 0 saturated carbocycles. The number of primary amides is 1. The van der Waals surface area contributed by atoms with Gasteiger partial charge in [0.1, 0.15) is 6.04 Å². The van der Waals surface area contributed by atoms with E-state index in [1.807, 2.05) is 0 Å². The summed E-state index contributed by atoms with van der Waals surface area (Å²) >= 11 is 0. The molecule has 0 aliphatic carbocycles. The lowest BCUT2D eigenvalue weighted by molar-refractivity contribution is -0.387. The number of carbonyl (C=O) groups excluding carboxylic acids is 1. The maximum absolute atomic E-state index is 13.6. The van der Waals surface area contributed by atoms with E-state index in [1.165, 1.54) is 0 Å². The van der Waals surface area contributed by atoms with Gasteiger partial charge in [-0.05, 0) is 18.9 Å². The van der Waals surface area contributed by atoms with E-state index in [0.717, 1.165) is 16.4 Å². The number of nitrogens with zero attached hydrogens (tertiary/aromatic N) is 2. The van der Waals surface area contributed by atoms with Crippen LogP contribution in [0.4, 0.5) is 10.1 Å². The highest BCUT2D eigenvalue weighted by Gasteiger charge is 2.38. The van der Waals surface area contributed by atoms with Crippen LogP contribution in [0.2, 0.25) is 0 Å². The molecular formula is C11H12FN3O5S. The zero-order chi connectivity index (χ0) is 15.8. The highest BCUT2D eigenvalue weighted by Crippen LogP contribution is 2.28. The van der Waals surface area contributed by atoms with Crippen molar-refractivity contribution in [2.45, 2.75) is 23.8 Å². The predicted octanol–water partition coefficient (Wildman–Crippen LogP) is 0.372. The third-order valence-corrected chi connectivity index (χ3v) is 5.16. The van der Waals surface area contributed by atoms with Gasteiger partial charge in [0.25, 0.3) is 0 Å². The number of nitro benzene ring substituents is 1. The van der Waals surface area contributed by atoms with E-state index in [0.29, 0.717) is 18.9 Å². The first-order valence-electron chi connectivity index (χ1n) is 6.00. The predicted molar refractivity (Wildman–Crippen MR) is 69.2 cm³/mol. The number of sulfonamides is 1. The Morgan fingerprint density at radius 3 is 2.67 bits per heavy atom. The molecule has 2 rings (SSSR count). The van der Waals surface area contributed by atoms with Crippen molar-refractivity contribution < 1.29 is 22.5 Å². The number of hydrogen-bond acceptors (Lipinski definition) is 5. The first kappa shape index (κ1) is 15.3. The number of halogens is 1. The van der Waals surface area contributed by atoms with Crippen molar-refractivity contribution in [2.24, 2.45) is 5.73 Å². The van der Waals surface area contributed by atoms with E-state index in [1.54, 1.807) is 0 Å². The Balaban J connectivity index is 2.43. The fourth-order valence-corrected chi connectivity index (χ4v) is 3.92. The molecule has 1 fully saturated rings. The fraction of sp³-hybridized carbons (Fsp3) is 0.364. The molecule has 1 aromatic carbocycles. The summed E-state index contributed by atoms with van der Waals surface area (Å²) in [5.41, 5.74) is 4.33. The van der Waals surface area contributed by atoms with Gasteiger partial charge in [-0.25, -0.2) is 8.42 Å². The third-order valence-electron chi connectivity index (χ3n) is 3.25. The number of amides is 1. The smallest absolute Gasteiger partial charge is 0.304 e. The van der Waals surface area contributed by atoms with Gasteiger partial charge in [-0.15, -0.1) is 0 Å². The first-order valence-corrected chi connectivity index (χ1v) is 7.44. The Bertz CT molecular complexity index is 706. The van der Waals surface area contributed by atoms with Crippen molar-refractivity contribution in [2.75, 3.05) is 6.54 Å². The molecule has 0 radical (unpaired) electrons. The van der Waals surface area contributed by atoms with Gasteiger partial charge < -0.3 is 5.73 Å². The van der Waals surface area contributed by atoms with Gasteiger partial charge in [0.05, 0.1) is 9.82 Å². The third kappa shape index (κ3) is 2.72. The van der Waals surface area contributed by atoms with Gasteiger partial charge in [0.15, 0.2) is 0 Å². The Morgan fingerprint density at radius 2 is 2.14 bits per heavy atom. The number of nitro groups is 1. The van der Waals surface area contributed by atoms with Crippen LogP contribution in [0.3, 0.4) is 0 Å². The van der Waals surface area contributed by atoms with Crippen molar-refractivity contribution in [1.82, 2.24) is 4.31 Å². The van der Waals surface area contributed by atoms with Crippen LogP contribution in [0.15, 0.2) is 23.1 Å². The molecule has 1 unspecified atom stereocenters. The van der Waals surface area contributed by atoms with E-state index in [4.69, 9.17) is 5.73 Å². The largest absolute Gasteiger partial charge is 0.368 e. The summed E-state index contributed by atoms with van der Waals surface area (Å²) in [5.74, 6) is -2.03. The molecule has 0 bridgehead atoms. The van der Waals surface area contributed by atoms with E-state index in [9.17, 15) is 27.7 Å². The number of rotatable bonds is 4. The molecule has 0 spiro atoms. The Morgan fingerprint density at radius 1 is 1.48 bits per heavy atom. The summed E-state index contributed by atoms with van der Waals surface area (Å²) in [7, 11) is -4.13. The van der Waals surface area contributed by atoms with Crippen LogP contribution in [-0.2, 0) is 14.8 Å². The molecular weight excluding hydrogens is 305 g/mol. The van der Waals surface area contributed by atoms with Crippen LogP contribution in [0.25, 0.3) is 0 Å². The van der Waals surface area contributed by atoms with Crippen LogP contribution >= 0.6 is 0 Å². The van der Waals surface area contributed by atoms with Crippen molar-refractivity contribution >= 4 is 21.6 Å². The summed E-state index contributed by atoms with van der Waals surface area (Å²) < 4.78 is 39.2. The van der Waals surface area contributed by atoms with Crippen LogP contribution in [0.1, 0.15) is 12.8 Å². The van der Waals surface area contributed by atoms with E-state index in [-0.39, 0.29) is 6.54 Å². The summed E-state index contributed by atoms with van der Waals surface area (Å²) in [6.07, 6.45) is 0.756. The van der Waals surface area contributed by atoms with Crippen molar-refractivity contribution in [1.29, 1.82) is 0 Å². The van der Waals surface area contributed by atoms with Crippen LogP contribution < -0.4 is 5.73 Å². The van der Waals surface area contributed by atoms with Gasteiger partial charge in [-0.3, -0.25) is 14.9 Å². The summed E-state index contributed by atoms with van der Waals surface area (Å²) in [5, 5.41) is 10.5. The van der Waals surface area contributed by atoms with Gasteiger partial charge in [0.2, 0.25) is 21.7 Å². The average molecular weight is 317 g/mol. The molecule has 2 N–H and O–H groups in total. The van der Waals surface area contributed by atoms with Crippen LogP contribution in [-0.4, -0.2) is 36.1 Å². The second kappa shape index (κ2) is 5.37. The van der Waals surface area contributed by atoms with Crippen molar-refractivity contribution in [3.8, 4) is 0 Å². The SMILES string of the molecule is NC(=O)C1CCCN1S(=O)(=O)c1ccc([N+](=O)[O-])c(F)c1. The Labute approximate surface area is 119 Å². The van der Waals surface area contributed by atoms with Gasteiger partial charge in [-0.1, -0.05) is 0 Å². The Hall–Kier alpha value is -2.07. The number of carbonyl (C=O) groups is 1. The van der Waals surface area contributed by atoms with E-state index in [2.05, 4.69) is 0 Å². The molecule has 1 aliphatic rings. The summed E-state index contributed by atoms with van der Waals surface area (Å²) in [6.45, 7) is 0.0918. The maximum Gasteiger partial charge on any atom is 0.304 e. The minimum absolute atomic E-state index is 0.0918. The quantitative estimate of drug-likeness (QED) is 0.634. The van der Waals surface area contributed by atoms with Gasteiger partial charge in [0, 0.05) is 18.7 Å². The number of nitrogens with two attached hydrogens (primary N) is 1. The molecule has 10 heteroatoms. The highest BCUT2D eigenvalue weighted by atomic mass is 32.2.